The van der Waals surface area contributed by atoms with Crippen LogP contribution < -0.4 is 15.8 Å². The summed E-state index contributed by atoms with van der Waals surface area (Å²) in [5.74, 6) is -0.321. The molecule has 0 radical (unpaired) electrons. The molecule has 1 atom stereocenters. The Kier molecular flexibility index (Phi) is 8.58. The number of likely N-dealkylation sites (tertiary alicyclic amines) is 1. The van der Waals surface area contributed by atoms with Crippen LogP contribution in [0.5, 0.6) is 5.75 Å². The van der Waals surface area contributed by atoms with Gasteiger partial charge in [0.1, 0.15) is 18.2 Å². The Morgan fingerprint density at radius 3 is 2.64 bits per heavy atom. The number of hydrogen-bond donors (Lipinski definition) is 3. The maximum atomic E-state index is 13.7. The quantitative estimate of drug-likeness (QED) is 0.203. The minimum Gasteiger partial charge on any atom is -0.496 e. The maximum Gasteiger partial charge on any atom is 0.410 e. The molecule has 5 aromatic rings. The van der Waals surface area contributed by atoms with Gasteiger partial charge in [-0.25, -0.2) is 9.18 Å². The van der Waals surface area contributed by atoms with Gasteiger partial charge in [0.15, 0.2) is 5.82 Å². The number of methoxy groups -OCH3 is 1. The number of piperidine rings is 1. The third-order valence-corrected chi connectivity index (χ3v) is 7.98. The zero-order chi connectivity index (χ0) is 31.3. The number of aromatic amines is 1. The van der Waals surface area contributed by atoms with Gasteiger partial charge in [-0.05, 0) is 48.2 Å². The molecule has 1 saturated heterocycles. The number of halogens is 1. The van der Waals surface area contributed by atoms with Crippen molar-refractivity contribution in [2.24, 2.45) is 0 Å². The van der Waals surface area contributed by atoms with Gasteiger partial charge in [-0.2, -0.15) is 5.10 Å². The Labute approximate surface area is 259 Å². The number of H-pyrrole nitrogens is 1. The molecule has 2 aromatic heterocycles. The molecule has 2 amide bonds. The monoisotopic (exact) mass is 608 g/mol. The van der Waals surface area contributed by atoms with Crippen LogP contribution in [-0.2, 0) is 17.9 Å². The lowest BCUT2D eigenvalue weighted by molar-refractivity contribution is 0.0856. The molecule has 45 heavy (non-hydrogen) atoms. The highest BCUT2D eigenvalue weighted by Crippen LogP contribution is 2.35. The van der Waals surface area contributed by atoms with Crippen molar-refractivity contribution >= 4 is 28.7 Å². The van der Waals surface area contributed by atoms with Gasteiger partial charge in [-0.3, -0.25) is 14.9 Å². The van der Waals surface area contributed by atoms with Crippen molar-refractivity contribution in [2.75, 3.05) is 25.9 Å². The lowest BCUT2D eigenvalue weighted by atomic mass is 9.93. The number of pyridine rings is 1. The Morgan fingerprint density at radius 1 is 1.07 bits per heavy atom. The number of nitrogens with two attached hydrogens (primary N) is 1. The minimum atomic E-state index is -0.520. The summed E-state index contributed by atoms with van der Waals surface area (Å²) in [7, 11) is 1.43. The summed E-state index contributed by atoms with van der Waals surface area (Å²) < 4.78 is 24.5. The number of ether oxygens (including phenoxy) is 2. The summed E-state index contributed by atoms with van der Waals surface area (Å²) in [6.45, 7) is 1.57. The number of nitrogens with zero attached hydrogens (tertiary/aromatic N) is 3. The van der Waals surface area contributed by atoms with Gasteiger partial charge in [0.25, 0.3) is 5.91 Å². The van der Waals surface area contributed by atoms with Gasteiger partial charge in [0, 0.05) is 36.8 Å². The van der Waals surface area contributed by atoms with Gasteiger partial charge in [0.2, 0.25) is 0 Å². The van der Waals surface area contributed by atoms with E-state index in [4.69, 9.17) is 20.2 Å². The average molecular weight is 609 g/mol. The third kappa shape index (κ3) is 6.57. The molecule has 4 N–H and O–H groups in total. The zero-order valence-electron chi connectivity index (χ0n) is 24.8. The van der Waals surface area contributed by atoms with Crippen molar-refractivity contribution in [3.8, 4) is 17.0 Å². The van der Waals surface area contributed by atoms with Crippen molar-refractivity contribution in [3.63, 3.8) is 0 Å². The van der Waals surface area contributed by atoms with Crippen LogP contribution in [0.1, 0.15) is 45.9 Å². The lowest BCUT2D eigenvalue weighted by Crippen LogP contribution is -2.39. The maximum absolute atomic E-state index is 13.7. The highest BCUT2D eigenvalue weighted by Gasteiger charge is 2.28. The van der Waals surface area contributed by atoms with E-state index in [-0.39, 0.29) is 30.7 Å². The SMILES string of the molecule is COc1ccc(F)cc1C(=O)NCc1ccc(-c2nc(C3CCCN(C(=O)OCc4ccccc4)C3)cc3[nH]nc(N)c23)cc1. The molecule has 1 fully saturated rings. The zero-order valence-corrected chi connectivity index (χ0v) is 24.8. The number of nitrogens with one attached hydrogen (secondary N) is 2. The van der Waals surface area contributed by atoms with Gasteiger partial charge in [-0.1, -0.05) is 54.6 Å². The second-order valence-corrected chi connectivity index (χ2v) is 11.0. The van der Waals surface area contributed by atoms with Crippen molar-refractivity contribution < 1.29 is 23.5 Å². The Balaban J connectivity index is 1.18. The van der Waals surface area contributed by atoms with E-state index in [0.29, 0.717) is 35.7 Å². The summed E-state index contributed by atoms with van der Waals surface area (Å²) in [6.07, 6.45) is 1.36. The molecular formula is C34H33FN6O4. The number of nitrogen functional groups attached to an aromatic ring is 1. The van der Waals surface area contributed by atoms with Crippen molar-refractivity contribution in [1.82, 2.24) is 25.4 Å². The highest BCUT2D eigenvalue weighted by molar-refractivity contribution is 6.00. The van der Waals surface area contributed by atoms with Gasteiger partial charge < -0.3 is 25.4 Å². The Hall–Kier alpha value is -5.45. The van der Waals surface area contributed by atoms with Crippen LogP contribution in [0, 0.1) is 5.82 Å². The fourth-order valence-electron chi connectivity index (χ4n) is 5.62. The molecule has 6 rings (SSSR count). The average Bonchev–Trinajstić information content (AvgIpc) is 3.46. The van der Waals surface area contributed by atoms with Crippen LogP contribution in [0.3, 0.4) is 0 Å². The van der Waals surface area contributed by atoms with Gasteiger partial charge in [0.05, 0.1) is 29.3 Å². The highest BCUT2D eigenvalue weighted by atomic mass is 19.1. The lowest BCUT2D eigenvalue weighted by Gasteiger charge is -2.32. The summed E-state index contributed by atoms with van der Waals surface area (Å²) in [5, 5.41) is 10.8. The van der Waals surface area contributed by atoms with Crippen LogP contribution in [0.25, 0.3) is 22.2 Å². The van der Waals surface area contributed by atoms with Crippen LogP contribution in [0.15, 0.2) is 78.9 Å². The van der Waals surface area contributed by atoms with E-state index in [1.807, 2.05) is 60.7 Å². The molecule has 3 aromatic carbocycles. The fourth-order valence-corrected chi connectivity index (χ4v) is 5.62. The molecule has 0 spiro atoms. The topological polar surface area (TPSA) is 135 Å². The molecular weight excluding hydrogens is 575 g/mol. The largest absolute Gasteiger partial charge is 0.496 e. The Morgan fingerprint density at radius 2 is 1.87 bits per heavy atom. The molecule has 0 aliphatic carbocycles. The second kappa shape index (κ2) is 13.0. The predicted molar refractivity (Wildman–Crippen MR) is 168 cm³/mol. The first-order chi connectivity index (χ1) is 21.9. The van der Waals surface area contributed by atoms with Crippen molar-refractivity contribution in [1.29, 1.82) is 0 Å². The molecule has 1 aliphatic heterocycles. The van der Waals surface area contributed by atoms with Crippen LogP contribution in [0.2, 0.25) is 0 Å². The number of anilines is 1. The van der Waals surface area contributed by atoms with Gasteiger partial charge in [-0.15, -0.1) is 0 Å². The molecule has 230 valence electrons. The van der Waals surface area contributed by atoms with Gasteiger partial charge >= 0.3 is 6.09 Å². The molecule has 0 bridgehead atoms. The number of fused-ring (bicyclic) bond motifs is 1. The number of benzene rings is 3. The van der Waals surface area contributed by atoms with Crippen LogP contribution in [-0.4, -0.2) is 52.3 Å². The summed E-state index contributed by atoms with van der Waals surface area (Å²) in [4.78, 5) is 32.4. The molecule has 3 heterocycles. The van der Waals surface area contributed by atoms with E-state index in [2.05, 4.69) is 15.5 Å². The summed E-state index contributed by atoms with van der Waals surface area (Å²) in [5.41, 5.74) is 11.3. The standard InChI is InChI=1S/C34H33FN6O4/c1-44-29-14-13-25(35)16-26(29)33(42)37-18-21-9-11-23(12-10-21)31-30-28(39-40-32(30)36)17-27(38-31)24-8-5-15-41(19-24)34(43)45-20-22-6-3-2-4-7-22/h2-4,6-7,9-14,16-17,24H,5,8,15,18-20H2,1H3,(H,37,42)(H3,36,39,40). The number of amides is 2. The first-order valence-corrected chi connectivity index (χ1v) is 14.7. The molecule has 0 saturated carbocycles. The smallest absolute Gasteiger partial charge is 0.410 e. The van der Waals surface area contributed by atoms with Crippen molar-refractivity contribution in [3.05, 3.63) is 107 Å². The number of carbonyl (C=O) groups is 2. The number of aromatic nitrogens is 3. The predicted octanol–water partition coefficient (Wildman–Crippen LogP) is 5.80. The van der Waals surface area contributed by atoms with Crippen molar-refractivity contribution in [2.45, 2.75) is 31.9 Å². The molecule has 11 heteroatoms. The normalized spacial score (nSPS) is 14.7. The third-order valence-electron chi connectivity index (χ3n) is 7.98. The van der Waals surface area contributed by atoms with Crippen LogP contribution in [0.4, 0.5) is 15.0 Å². The number of rotatable bonds is 8. The first kappa shape index (κ1) is 29.6. The van der Waals surface area contributed by atoms with Crippen LogP contribution >= 0.6 is 0 Å². The second-order valence-electron chi connectivity index (χ2n) is 11.0. The minimum absolute atomic E-state index is 0.00463. The van der Waals surface area contributed by atoms with E-state index in [0.717, 1.165) is 46.8 Å². The number of hydrogen-bond acceptors (Lipinski definition) is 7. The van der Waals surface area contributed by atoms with E-state index >= 15 is 0 Å². The first-order valence-electron chi connectivity index (χ1n) is 14.7. The fraction of sp³-hybridized carbons (Fsp3) is 0.235. The van der Waals surface area contributed by atoms with E-state index in [1.165, 1.54) is 19.2 Å². The molecule has 10 nitrogen and oxygen atoms in total. The van der Waals surface area contributed by atoms with E-state index < -0.39 is 11.7 Å². The Bertz CT molecular complexity index is 1830. The van der Waals surface area contributed by atoms with E-state index in [9.17, 15) is 14.0 Å². The number of carbonyl (C=O) groups excluding carboxylic acids is 2. The molecule has 1 aliphatic rings. The summed E-state index contributed by atoms with van der Waals surface area (Å²) in [6, 6.07) is 23.0. The summed E-state index contributed by atoms with van der Waals surface area (Å²) >= 11 is 0. The molecule has 1 unspecified atom stereocenters. The van der Waals surface area contributed by atoms with E-state index in [1.54, 1.807) is 4.90 Å².